The van der Waals surface area contributed by atoms with E-state index in [9.17, 15) is 4.79 Å². The Hall–Kier alpha value is -1.90. The summed E-state index contributed by atoms with van der Waals surface area (Å²) in [6, 6.07) is 5.94. The Labute approximate surface area is 102 Å². The van der Waals surface area contributed by atoms with Gasteiger partial charge in [0.15, 0.2) is 5.78 Å². The van der Waals surface area contributed by atoms with E-state index in [-0.39, 0.29) is 5.78 Å². The van der Waals surface area contributed by atoms with Gasteiger partial charge in [0.1, 0.15) is 0 Å². The third-order valence-corrected chi connectivity index (χ3v) is 2.35. The lowest BCUT2D eigenvalue weighted by molar-refractivity contribution is -0.113. The van der Waals surface area contributed by atoms with Gasteiger partial charge in [-0.05, 0) is 37.5 Å². The molecule has 1 aromatic rings. The van der Waals surface area contributed by atoms with Crippen molar-refractivity contribution in [3.63, 3.8) is 0 Å². The molecule has 0 saturated heterocycles. The fourth-order valence-corrected chi connectivity index (χ4v) is 1.33. The van der Waals surface area contributed by atoms with Crippen molar-refractivity contribution in [2.45, 2.75) is 26.2 Å². The Morgan fingerprint density at radius 2 is 2.29 bits per heavy atom. The Morgan fingerprint density at radius 1 is 1.47 bits per heavy atom. The molecule has 0 aliphatic heterocycles. The van der Waals surface area contributed by atoms with Crippen molar-refractivity contribution < 1.29 is 4.79 Å². The molecule has 0 aromatic carbocycles. The molecule has 0 bridgehead atoms. The van der Waals surface area contributed by atoms with Gasteiger partial charge in [0.2, 0.25) is 0 Å². The number of nitrogens with zero attached hydrogens (tertiary/aromatic N) is 1. The van der Waals surface area contributed by atoms with E-state index in [2.05, 4.69) is 4.98 Å². The van der Waals surface area contributed by atoms with Gasteiger partial charge in [-0.3, -0.25) is 9.78 Å². The lowest BCUT2D eigenvalue weighted by atomic mass is 10.1. The molecule has 0 saturated carbocycles. The smallest absolute Gasteiger partial charge is 0.175 e. The van der Waals surface area contributed by atoms with Crippen LogP contribution < -0.4 is 5.73 Å². The van der Waals surface area contributed by atoms with Gasteiger partial charge in [0.05, 0.1) is 5.70 Å². The van der Waals surface area contributed by atoms with E-state index >= 15 is 0 Å². The summed E-state index contributed by atoms with van der Waals surface area (Å²) in [6.07, 6.45) is 10.3. The third-order valence-electron chi connectivity index (χ3n) is 2.35. The Morgan fingerprint density at radius 3 is 2.94 bits per heavy atom. The molecular formula is C14H18N2O. The molecule has 0 radical (unpaired) electrons. The molecule has 17 heavy (non-hydrogen) atoms. The maximum absolute atomic E-state index is 10.8. The van der Waals surface area contributed by atoms with Crippen molar-refractivity contribution in [3.05, 3.63) is 54.0 Å². The monoisotopic (exact) mass is 230 g/mol. The minimum atomic E-state index is -0.0943. The lowest BCUT2D eigenvalue weighted by Gasteiger charge is -1.96. The average molecular weight is 230 g/mol. The minimum Gasteiger partial charge on any atom is -0.396 e. The molecule has 2 N–H and O–H groups in total. The number of rotatable bonds is 6. The van der Waals surface area contributed by atoms with Crippen LogP contribution in [-0.4, -0.2) is 10.8 Å². The van der Waals surface area contributed by atoms with E-state index in [4.69, 9.17) is 5.73 Å². The lowest BCUT2D eigenvalue weighted by Crippen LogP contribution is -2.05. The Bertz CT molecular complexity index is 407. The molecule has 0 aliphatic rings. The summed E-state index contributed by atoms with van der Waals surface area (Å²) in [5.41, 5.74) is 6.88. The van der Waals surface area contributed by atoms with Gasteiger partial charge in [-0.2, -0.15) is 0 Å². The molecule has 1 rings (SSSR count). The molecule has 0 atom stereocenters. The molecule has 3 nitrogen and oxygen atoms in total. The van der Waals surface area contributed by atoms with Crippen LogP contribution in [0.15, 0.2) is 48.3 Å². The summed E-state index contributed by atoms with van der Waals surface area (Å²) in [7, 11) is 0. The van der Waals surface area contributed by atoms with Crippen LogP contribution in [0.5, 0.6) is 0 Å². The number of carbonyl (C=O) groups excluding carboxylic acids is 1. The summed E-state index contributed by atoms with van der Waals surface area (Å²) >= 11 is 0. The number of hydrogen-bond acceptors (Lipinski definition) is 3. The molecule has 0 amide bonds. The highest BCUT2D eigenvalue weighted by atomic mass is 16.1. The first-order valence-electron chi connectivity index (χ1n) is 5.73. The first-order chi connectivity index (χ1) is 8.20. The molecule has 3 heteroatoms. The number of Topliss-reactive ketones (excluding diaryl/α,β-unsaturated/α-hetero) is 1. The van der Waals surface area contributed by atoms with Gasteiger partial charge >= 0.3 is 0 Å². The zero-order valence-corrected chi connectivity index (χ0v) is 10.1. The van der Waals surface area contributed by atoms with Crippen LogP contribution in [0.3, 0.4) is 0 Å². The minimum absolute atomic E-state index is 0.0943. The first-order valence-corrected chi connectivity index (χ1v) is 5.73. The number of carbonyl (C=O) groups is 1. The van der Waals surface area contributed by atoms with Crippen molar-refractivity contribution in [2.24, 2.45) is 5.73 Å². The van der Waals surface area contributed by atoms with E-state index in [0.717, 1.165) is 25.0 Å². The van der Waals surface area contributed by atoms with Crippen LogP contribution in [-0.2, 0) is 11.2 Å². The van der Waals surface area contributed by atoms with Crippen molar-refractivity contribution in [1.29, 1.82) is 0 Å². The Kier molecular flexibility index (Phi) is 5.72. The third kappa shape index (κ3) is 5.66. The summed E-state index contributed by atoms with van der Waals surface area (Å²) in [4.78, 5) is 15.1. The van der Waals surface area contributed by atoms with Gasteiger partial charge in [-0.25, -0.2) is 0 Å². The van der Waals surface area contributed by atoms with Crippen LogP contribution in [0.4, 0.5) is 0 Å². The van der Waals surface area contributed by atoms with Gasteiger partial charge in [-0.15, -0.1) is 0 Å². The summed E-state index contributed by atoms with van der Waals surface area (Å²) in [5, 5.41) is 0. The fraction of sp³-hybridized carbons (Fsp3) is 0.286. The molecular weight excluding hydrogens is 212 g/mol. The van der Waals surface area contributed by atoms with Crippen LogP contribution in [0.25, 0.3) is 0 Å². The molecule has 0 fully saturated rings. The van der Waals surface area contributed by atoms with Crippen LogP contribution in [0.1, 0.15) is 25.5 Å². The number of hydrogen-bond donors (Lipinski definition) is 1. The highest BCUT2D eigenvalue weighted by Gasteiger charge is 1.93. The van der Waals surface area contributed by atoms with Gasteiger partial charge in [0.25, 0.3) is 0 Å². The average Bonchev–Trinajstić information content (AvgIpc) is 2.34. The number of allylic oxidation sites excluding steroid dienone is 4. The fourth-order valence-electron chi connectivity index (χ4n) is 1.33. The van der Waals surface area contributed by atoms with Gasteiger partial charge in [0, 0.05) is 18.8 Å². The molecule has 1 aromatic heterocycles. The van der Waals surface area contributed by atoms with Crippen LogP contribution in [0.2, 0.25) is 0 Å². The van der Waals surface area contributed by atoms with Gasteiger partial charge < -0.3 is 5.73 Å². The van der Waals surface area contributed by atoms with Crippen molar-refractivity contribution >= 4 is 5.78 Å². The second-order valence-electron chi connectivity index (χ2n) is 3.82. The molecule has 90 valence electrons. The zero-order valence-electron chi connectivity index (χ0n) is 10.1. The van der Waals surface area contributed by atoms with E-state index in [1.165, 1.54) is 6.92 Å². The van der Waals surface area contributed by atoms with E-state index < -0.39 is 0 Å². The van der Waals surface area contributed by atoms with Crippen LogP contribution >= 0.6 is 0 Å². The summed E-state index contributed by atoms with van der Waals surface area (Å²) in [5.74, 6) is -0.0943. The number of ketones is 1. The predicted molar refractivity (Wildman–Crippen MR) is 69.3 cm³/mol. The number of nitrogens with two attached hydrogens (primary N) is 1. The maximum atomic E-state index is 10.8. The second-order valence-corrected chi connectivity index (χ2v) is 3.82. The molecule has 1 heterocycles. The number of aryl methyl sites for hydroxylation is 1. The van der Waals surface area contributed by atoms with E-state index in [0.29, 0.717) is 5.70 Å². The van der Waals surface area contributed by atoms with Crippen molar-refractivity contribution in [3.8, 4) is 0 Å². The highest BCUT2D eigenvalue weighted by Crippen LogP contribution is 2.02. The van der Waals surface area contributed by atoms with Crippen LogP contribution in [0, 0.1) is 0 Å². The first kappa shape index (κ1) is 13.2. The predicted octanol–water partition coefficient (Wildman–Crippen LogP) is 2.39. The molecule has 0 unspecified atom stereocenters. The largest absolute Gasteiger partial charge is 0.396 e. The van der Waals surface area contributed by atoms with Crippen molar-refractivity contribution in [2.75, 3.05) is 0 Å². The summed E-state index contributed by atoms with van der Waals surface area (Å²) < 4.78 is 0. The zero-order chi connectivity index (χ0) is 12.5. The van der Waals surface area contributed by atoms with E-state index in [1.54, 1.807) is 6.08 Å². The maximum Gasteiger partial charge on any atom is 0.175 e. The number of aromatic nitrogens is 1. The second kappa shape index (κ2) is 7.39. The Balaban J connectivity index is 2.23. The quantitative estimate of drug-likeness (QED) is 0.464. The molecule has 0 aliphatic carbocycles. The topological polar surface area (TPSA) is 56.0 Å². The standard InChI is InChI=1S/C14H18N2O/c1-12(17)14(15)10-5-3-2-4-8-13-9-6-7-11-16-13/h3,5-7,9-11H,2,4,8,15H2,1H3/b5-3-,14-10-. The van der Waals surface area contributed by atoms with Gasteiger partial charge in [-0.1, -0.05) is 18.2 Å². The number of unbranched alkanes of at least 4 members (excludes halogenated alkanes) is 1. The summed E-state index contributed by atoms with van der Waals surface area (Å²) in [6.45, 7) is 1.46. The van der Waals surface area contributed by atoms with E-state index in [1.807, 2.05) is 36.5 Å². The molecule has 0 spiro atoms. The van der Waals surface area contributed by atoms with Crippen molar-refractivity contribution in [1.82, 2.24) is 4.98 Å². The number of pyridine rings is 1. The normalized spacial score (nSPS) is 11.9. The SMILES string of the molecule is CC(=O)/C(N)=C/C=C\CCCc1ccccn1. The highest BCUT2D eigenvalue weighted by molar-refractivity contribution is 5.92.